The summed E-state index contributed by atoms with van der Waals surface area (Å²) in [4.78, 5) is 4.21. The zero-order chi connectivity index (χ0) is 14.4. The molecule has 1 aliphatic rings. The summed E-state index contributed by atoms with van der Waals surface area (Å²) in [5.74, 6) is 2.49. The zero-order valence-corrected chi connectivity index (χ0v) is 15.6. The lowest BCUT2D eigenvalue weighted by Gasteiger charge is -2.12. The molecule has 0 amide bonds. The molecule has 0 atom stereocenters. The molecule has 1 aromatic rings. The van der Waals surface area contributed by atoms with Crippen LogP contribution in [0.25, 0.3) is 0 Å². The first-order valence-corrected chi connectivity index (χ1v) is 7.37. The molecule has 0 unspecified atom stereocenters. The predicted octanol–water partition coefficient (Wildman–Crippen LogP) is 3.08. The van der Waals surface area contributed by atoms with Crippen LogP contribution >= 0.6 is 35.6 Å². The average Bonchev–Trinajstić information content (AvgIpc) is 3.28. The number of halogens is 2. The molecule has 1 aliphatic carbocycles. The quantitative estimate of drug-likeness (QED) is 0.420. The van der Waals surface area contributed by atoms with Gasteiger partial charge in [-0.05, 0) is 42.9 Å². The summed E-state index contributed by atoms with van der Waals surface area (Å²) < 4.78 is 5.14. The fourth-order valence-corrected chi connectivity index (χ4v) is 2.22. The Morgan fingerprint density at radius 3 is 2.71 bits per heavy atom. The van der Waals surface area contributed by atoms with Crippen LogP contribution in [0.2, 0.25) is 5.02 Å². The number of methoxy groups -OCH3 is 1. The number of nitrogens with zero attached hydrogens (tertiary/aromatic N) is 1. The molecule has 2 N–H and O–H groups in total. The monoisotopic (exact) mass is 423 g/mol. The van der Waals surface area contributed by atoms with E-state index >= 15 is 0 Å². The molecule has 0 spiro atoms. The second-order valence-corrected chi connectivity index (χ2v) is 5.44. The lowest BCUT2D eigenvalue weighted by molar-refractivity contribution is 0.414. The Hall–Kier alpha value is -0.690. The highest BCUT2D eigenvalue weighted by Crippen LogP contribution is 2.27. The van der Waals surface area contributed by atoms with Crippen LogP contribution in [0.5, 0.6) is 5.75 Å². The summed E-state index contributed by atoms with van der Waals surface area (Å²) in [5, 5.41) is 7.38. The number of rotatable bonds is 6. The molecule has 1 saturated carbocycles. The van der Waals surface area contributed by atoms with E-state index in [2.05, 4.69) is 15.6 Å². The minimum Gasteiger partial charge on any atom is -0.497 e. The van der Waals surface area contributed by atoms with Gasteiger partial charge in [0, 0.05) is 25.2 Å². The molecule has 4 nitrogen and oxygen atoms in total. The summed E-state index contributed by atoms with van der Waals surface area (Å²) in [6, 6.07) is 5.78. The van der Waals surface area contributed by atoms with E-state index in [0.29, 0.717) is 0 Å². The molecule has 0 aromatic heterocycles. The van der Waals surface area contributed by atoms with Gasteiger partial charge in [0.25, 0.3) is 0 Å². The fourth-order valence-electron chi connectivity index (χ4n) is 1.96. The van der Waals surface area contributed by atoms with Crippen molar-refractivity contribution in [3.05, 3.63) is 28.8 Å². The van der Waals surface area contributed by atoms with Crippen molar-refractivity contribution in [2.24, 2.45) is 10.9 Å². The van der Waals surface area contributed by atoms with E-state index in [1.807, 2.05) is 18.2 Å². The minimum atomic E-state index is 0. The van der Waals surface area contributed by atoms with Crippen LogP contribution in [0.1, 0.15) is 18.4 Å². The van der Waals surface area contributed by atoms with Crippen molar-refractivity contribution in [3.8, 4) is 5.75 Å². The van der Waals surface area contributed by atoms with Gasteiger partial charge in [-0.3, -0.25) is 4.99 Å². The lowest BCUT2D eigenvalue weighted by Crippen LogP contribution is -2.39. The number of hydrogen-bond donors (Lipinski definition) is 2. The smallest absolute Gasteiger partial charge is 0.190 e. The number of ether oxygens (including phenoxy) is 1. The second-order valence-electron chi connectivity index (χ2n) is 5.03. The number of nitrogens with one attached hydrogen (secondary N) is 2. The van der Waals surface area contributed by atoms with Gasteiger partial charge in [-0.1, -0.05) is 17.7 Å². The third kappa shape index (κ3) is 6.30. The number of hydrogen-bond acceptors (Lipinski definition) is 2. The zero-order valence-electron chi connectivity index (χ0n) is 12.5. The molecule has 1 aromatic carbocycles. The third-order valence-corrected chi connectivity index (χ3v) is 3.78. The van der Waals surface area contributed by atoms with E-state index in [9.17, 15) is 0 Å². The van der Waals surface area contributed by atoms with Crippen molar-refractivity contribution in [1.82, 2.24) is 10.6 Å². The van der Waals surface area contributed by atoms with Crippen LogP contribution in [0.15, 0.2) is 23.2 Å². The van der Waals surface area contributed by atoms with Gasteiger partial charge in [-0.2, -0.15) is 0 Å². The lowest BCUT2D eigenvalue weighted by atomic mass is 10.1. The van der Waals surface area contributed by atoms with Gasteiger partial charge < -0.3 is 15.4 Å². The maximum absolute atomic E-state index is 6.21. The van der Waals surface area contributed by atoms with E-state index in [1.54, 1.807) is 14.2 Å². The molecule has 21 heavy (non-hydrogen) atoms. The van der Waals surface area contributed by atoms with Gasteiger partial charge in [0.2, 0.25) is 0 Å². The van der Waals surface area contributed by atoms with E-state index < -0.39 is 0 Å². The van der Waals surface area contributed by atoms with Crippen LogP contribution in [0.4, 0.5) is 0 Å². The van der Waals surface area contributed by atoms with Crippen LogP contribution in [-0.4, -0.2) is 33.2 Å². The van der Waals surface area contributed by atoms with E-state index in [1.165, 1.54) is 12.8 Å². The highest BCUT2D eigenvalue weighted by Gasteiger charge is 2.20. The highest BCUT2D eigenvalue weighted by molar-refractivity contribution is 14.0. The molecule has 0 saturated heterocycles. The summed E-state index contributed by atoms with van der Waals surface area (Å²) in [6.45, 7) is 1.82. The maximum Gasteiger partial charge on any atom is 0.190 e. The van der Waals surface area contributed by atoms with Crippen molar-refractivity contribution in [2.75, 3.05) is 27.2 Å². The van der Waals surface area contributed by atoms with E-state index in [0.717, 1.165) is 47.7 Å². The van der Waals surface area contributed by atoms with Crippen molar-refractivity contribution >= 4 is 41.5 Å². The average molecular weight is 424 g/mol. The Labute approximate surface area is 148 Å². The second kappa shape index (κ2) is 9.35. The predicted molar refractivity (Wildman–Crippen MR) is 99.2 cm³/mol. The minimum absolute atomic E-state index is 0. The van der Waals surface area contributed by atoms with Crippen LogP contribution in [0, 0.1) is 5.92 Å². The molecule has 1 fully saturated rings. The largest absolute Gasteiger partial charge is 0.497 e. The van der Waals surface area contributed by atoms with Gasteiger partial charge in [0.05, 0.1) is 7.11 Å². The summed E-state index contributed by atoms with van der Waals surface area (Å²) in [7, 11) is 3.44. The summed E-state index contributed by atoms with van der Waals surface area (Å²) >= 11 is 6.21. The first-order valence-electron chi connectivity index (χ1n) is 7.00. The molecular weight excluding hydrogens is 401 g/mol. The topological polar surface area (TPSA) is 45.7 Å². The van der Waals surface area contributed by atoms with Crippen LogP contribution in [-0.2, 0) is 6.42 Å². The highest BCUT2D eigenvalue weighted by atomic mass is 127. The first-order chi connectivity index (χ1) is 9.72. The van der Waals surface area contributed by atoms with Gasteiger partial charge >= 0.3 is 0 Å². The van der Waals surface area contributed by atoms with Gasteiger partial charge in [0.1, 0.15) is 5.75 Å². The van der Waals surface area contributed by atoms with Gasteiger partial charge in [-0.25, -0.2) is 0 Å². The summed E-state index contributed by atoms with van der Waals surface area (Å²) in [5.41, 5.74) is 1.11. The Morgan fingerprint density at radius 1 is 1.38 bits per heavy atom. The first kappa shape index (κ1) is 18.4. The Bertz CT molecular complexity index is 478. The van der Waals surface area contributed by atoms with Crippen molar-refractivity contribution < 1.29 is 4.74 Å². The molecular formula is C15H23ClIN3O. The Kier molecular flexibility index (Phi) is 8.18. The molecule has 2 rings (SSSR count). The van der Waals surface area contributed by atoms with Gasteiger partial charge in [-0.15, -0.1) is 24.0 Å². The van der Waals surface area contributed by atoms with E-state index in [-0.39, 0.29) is 24.0 Å². The molecule has 0 heterocycles. The van der Waals surface area contributed by atoms with E-state index in [4.69, 9.17) is 16.3 Å². The normalized spacial score (nSPS) is 14.3. The van der Waals surface area contributed by atoms with Crippen LogP contribution < -0.4 is 15.4 Å². The molecule has 6 heteroatoms. The maximum atomic E-state index is 6.21. The Balaban J connectivity index is 0.00000220. The fraction of sp³-hybridized carbons (Fsp3) is 0.533. The summed E-state index contributed by atoms with van der Waals surface area (Å²) in [6.07, 6.45) is 3.53. The van der Waals surface area contributed by atoms with Crippen LogP contribution in [0.3, 0.4) is 0 Å². The molecule has 0 radical (unpaired) electrons. The van der Waals surface area contributed by atoms with Crippen molar-refractivity contribution in [3.63, 3.8) is 0 Å². The third-order valence-electron chi connectivity index (χ3n) is 3.43. The number of guanidine groups is 1. The molecule has 0 aliphatic heterocycles. The van der Waals surface area contributed by atoms with Gasteiger partial charge in [0.15, 0.2) is 5.96 Å². The van der Waals surface area contributed by atoms with Crippen molar-refractivity contribution in [2.45, 2.75) is 19.3 Å². The number of aliphatic imine (C=N–C) groups is 1. The molecule has 118 valence electrons. The SMILES string of the molecule is CN=C(NCCc1ccc(OC)cc1Cl)NCC1CC1.I. The standard InChI is InChI=1S/C15H22ClN3O.HI/c1-17-15(19-10-11-3-4-11)18-8-7-12-5-6-13(20-2)9-14(12)16;/h5-6,9,11H,3-4,7-8,10H2,1-2H3,(H2,17,18,19);1H. The van der Waals surface area contributed by atoms with Crippen molar-refractivity contribution in [1.29, 1.82) is 0 Å². The molecule has 0 bridgehead atoms. The number of benzene rings is 1. The Morgan fingerprint density at radius 2 is 2.14 bits per heavy atom.